The molecular weight excluding hydrogens is 296 g/mol. The van der Waals surface area contributed by atoms with E-state index in [2.05, 4.69) is 11.4 Å². The van der Waals surface area contributed by atoms with E-state index in [-0.39, 0.29) is 6.03 Å². The molecule has 118 valence electrons. The van der Waals surface area contributed by atoms with Crippen LogP contribution in [0, 0.1) is 6.92 Å². The van der Waals surface area contributed by atoms with Crippen LogP contribution < -0.4 is 10.1 Å². The molecule has 4 nitrogen and oxygen atoms in total. The molecule has 0 aliphatic carbocycles. The van der Waals surface area contributed by atoms with Gasteiger partial charge in [0.1, 0.15) is 12.4 Å². The first kappa shape index (κ1) is 16.4. The molecule has 1 N–H and O–H groups in total. The van der Waals surface area contributed by atoms with Crippen LogP contribution in [0.3, 0.4) is 0 Å². The number of para-hydroxylation sites is 1. The molecule has 0 radical (unpaired) electrons. The van der Waals surface area contributed by atoms with Gasteiger partial charge in [-0.3, -0.25) is 0 Å². The van der Waals surface area contributed by atoms with E-state index < -0.39 is 0 Å². The normalized spacial score (nSPS) is 10.3. The predicted molar refractivity (Wildman–Crippen MR) is 90.7 cm³/mol. The minimum atomic E-state index is -0.0649. The topological polar surface area (TPSA) is 41.6 Å². The van der Waals surface area contributed by atoms with Gasteiger partial charge in [-0.1, -0.05) is 24.3 Å². The molecule has 0 fully saturated rings. The fourth-order valence-corrected chi connectivity index (χ4v) is 2.70. The van der Waals surface area contributed by atoms with E-state index in [1.807, 2.05) is 42.6 Å². The molecule has 0 unspecified atom stereocenters. The number of carbonyl (C=O) groups is 1. The summed E-state index contributed by atoms with van der Waals surface area (Å²) in [4.78, 5) is 14.9. The Kier molecular flexibility index (Phi) is 6.27. The number of rotatable bonds is 7. The Labute approximate surface area is 135 Å². The third-order valence-corrected chi connectivity index (χ3v) is 4.29. The van der Waals surface area contributed by atoms with Crippen molar-refractivity contribution in [3.63, 3.8) is 0 Å². The van der Waals surface area contributed by atoms with E-state index >= 15 is 0 Å². The predicted octanol–water partition coefficient (Wildman–Crippen LogP) is 3.32. The van der Waals surface area contributed by atoms with Gasteiger partial charge in [0, 0.05) is 18.5 Å². The standard InChI is InChI=1S/C17H22N2O2S/c1-14-6-3-4-8-16(14)21-12-11-19(2)17(20)18-10-9-15-7-5-13-22-15/h3-8,13H,9-12H2,1-2H3,(H,18,20). The van der Waals surface area contributed by atoms with E-state index in [9.17, 15) is 4.79 Å². The van der Waals surface area contributed by atoms with Crippen LogP contribution in [-0.4, -0.2) is 37.7 Å². The molecule has 1 aromatic heterocycles. The van der Waals surface area contributed by atoms with Crippen LogP contribution in [0.5, 0.6) is 5.75 Å². The second kappa shape index (κ2) is 8.44. The molecule has 0 spiro atoms. The number of likely N-dealkylation sites (N-methyl/N-ethyl adjacent to an activating group) is 1. The zero-order chi connectivity index (χ0) is 15.8. The van der Waals surface area contributed by atoms with Crippen LogP contribution in [0.15, 0.2) is 41.8 Å². The summed E-state index contributed by atoms with van der Waals surface area (Å²) in [6, 6.07) is 11.9. The van der Waals surface area contributed by atoms with Crippen LogP contribution >= 0.6 is 11.3 Å². The Morgan fingerprint density at radius 1 is 1.27 bits per heavy atom. The number of ether oxygens (including phenoxy) is 1. The second-order valence-corrected chi connectivity index (χ2v) is 6.13. The summed E-state index contributed by atoms with van der Waals surface area (Å²) in [7, 11) is 1.78. The van der Waals surface area contributed by atoms with E-state index in [0.29, 0.717) is 19.7 Å². The number of nitrogens with zero attached hydrogens (tertiary/aromatic N) is 1. The first-order chi connectivity index (χ1) is 10.7. The monoisotopic (exact) mass is 318 g/mol. The van der Waals surface area contributed by atoms with E-state index in [1.54, 1.807) is 23.3 Å². The SMILES string of the molecule is Cc1ccccc1OCCN(C)C(=O)NCCc1cccs1. The Morgan fingerprint density at radius 2 is 2.09 bits per heavy atom. The van der Waals surface area contributed by atoms with Crippen LogP contribution in [0.1, 0.15) is 10.4 Å². The minimum Gasteiger partial charge on any atom is -0.491 e. The largest absolute Gasteiger partial charge is 0.491 e. The summed E-state index contributed by atoms with van der Waals surface area (Å²) >= 11 is 1.71. The molecule has 0 aliphatic rings. The molecule has 0 saturated heterocycles. The Morgan fingerprint density at radius 3 is 2.82 bits per heavy atom. The van der Waals surface area contributed by atoms with E-state index in [4.69, 9.17) is 4.74 Å². The van der Waals surface area contributed by atoms with Gasteiger partial charge in [0.15, 0.2) is 0 Å². The molecule has 0 aliphatic heterocycles. The summed E-state index contributed by atoms with van der Waals surface area (Å²) in [5, 5.41) is 4.97. The summed E-state index contributed by atoms with van der Waals surface area (Å²) < 4.78 is 5.70. The highest BCUT2D eigenvalue weighted by atomic mass is 32.1. The maximum Gasteiger partial charge on any atom is 0.317 e. The van der Waals surface area contributed by atoms with Crippen molar-refractivity contribution in [2.24, 2.45) is 0 Å². The summed E-state index contributed by atoms with van der Waals surface area (Å²) in [6.45, 7) is 3.71. The zero-order valence-electron chi connectivity index (χ0n) is 13.0. The highest BCUT2D eigenvalue weighted by molar-refractivity contribution is 7.09. The van der Waals surface area contributed by atoms with Gasteiger partial charge in [-0.25, -0.2) is 4.79 Å². The first-order valence-electron chi connectivity index (χ1n) is 7.36. The number of nitrogens with one attached hydrogen (secondary N) is 1. The van der Waals surface area contributed by atoms with Gasteiger partial charge < -0.3 is 15.0 Å². The molecule has 0 bridgehead atoms. The molecule has 22 heavy (non-hydrogen) atoms. The molecule has 0 atom stereocenters. The molecule has 2 amide bonds. The summed E-state index contributed by atoms with van der Waals surface area (Å²) in [5.74, 6) is 0.869. The molecule has 2 rings (SSSR count). The van der Waals surface area contributed by atoms with Gasteiger partial charge in [0.2, 0.25) is 0 Å². The quantitative estimate of drug-likeness (QED) is 0.851. The molecule has 1 aromatic carbocycles. The lowest BCUT2D eigenvalue weighted by Crippen LogP contribution is -2.40. The van der Waals surface area contributed by atoms with Crippen LogP contribution in [0.4, 0.5) is 4.79 Å². The lowest BCUT2D eigenvalue weighted by molar-refractivity contribution is 0.195. The average Bonchev–Trinajstić information content (AvgIpc) is 3.02. The third kappa shape index (κ3) is 5.07. The highest BCUT2D eigenvalue weighted by Crippen LogP contribution is 2.15. The van der Waals surface area contributed by atoms with Crippen molar-refractivity contribution in [1.29, 1.82) is 0 Å². The summed E-state index contributed by atoms with van der Waals surface area (Å²) in [5.41, 5.74) is 1.10. The first-order valence-corrected chi connectivity index (χ1v) is 8.24. The molecular formula is C17H22N2O2S. The average molecular weight is 318 g/mol. The highest BCUT2D eigenvalue weighted by Gasteiger charge is 2.08. The van der Waals surface area contributed by atoms with Crippen molar-refractivity contribution in [2.75, 3.05) is 26.7 Å². The maximum absolute atomic E-state index is 11.9. The van der Waals surface area contributed by atoms with Crippen molar-refractivity contribution in [3.05, 3.63) is 52.2 Å². The van der Waals surface area contributed by atoms with Crippen molar-refractivity contribution >= 4 is 17.4 Å². The number of hydrogen-bond donors (Lipinski definition) is 1. The summed E-state index contributed by atoms with van der Waals surface area (Å²) in [6.07, 6.45) is 0.872. The Bertz CT molecular complexity index is 584. The maximum atomic E-state index is 11.9. The van der Waals surface area contributed by atoms with Gasteiger partial charge in [-0.2, -0.15) is 0 Å². The molecule has 1 heterocycles. The zero-order valence-corrected chi connectivity index (χ0v) is 13.9. The number of benzene rings is 1. The van der Waals surface area contributed by atoms with Crippen LogP contribution in [0.2, 0.25) is 0 Å². The second-order valence-electron chi connectivity index (χ2n) is 5.10. The van der Waals surface area contributed by atoms with Crippen LogP contribution in [-0.2, 0) is 6.42 Å². The Balaban J connectivity index is 1.65. The van der Waals surface area contributed by atoms with Gasteiger partial charge in [0.25, 0.3) is 0 Å². The van der Waals surface area contributed by atoms with E-state index in [1.165, 1.54) is 4.88 Å². The number of aryl methyl sites for hydroxylation is 1. The fraction of sp³-hybridized carbons (Fsp3) is 0.353. The van der Waals surface area contributed by atoms with Crippen molar-refractivity contribution in [2.45, 2.75) is 13.3 Å². The van der Waals surface area contributed by atoms with Crippen LogP contribution in [0.25, 0.3) is 0 Å². The van der Waals surface area contributed by atoms with Gasteiger partial charge in [-0.15, -0.1) is 11.3 Å². The number of amides is 2. The van der Waals surface area contributed by atoms with E-state index in [0.717, 1.165) is 17.7 Å². The smallest absolute Gasteiger partial charge is 0.317 e. The fourth-order valence-electron chi connectivity index (χ4n) is 1.99. The van der Waals surface area contributed by atoms with Gasteiger partial charge in [0.05, 0.1) is 6.54 Å². The van der Waals surface area contributed by atoms with Gasteiger partial charge in [-0.05, 0) is 36.4 Å². The lowest BCUT2D eigenvalue weighted by Gasteiger charge is -2.18. The molecule has 2 aromatic rings. The molecule has 0 saturated carbocycles. The number of urea groups is 1. The lowest BCUT2D eigenvalue weighted by atomic mass is 10.2. The van der Waals surface area contributed by atoms with Crippen molar-refractivity contribution in [3.8, 4) is 5.75 Å². The molecule has 5 heteroatoms. The van der Waals surface area contributed by atoms with Crippen molar-refractivity contribution in [1.82, 2.24) is 10.2 Å². The third-order valence-electron chi connectivity index (χ3n) is 3.35. The number of hydrogen-bond acceptors (Lipinski definition) is 3. The number of thiophene rings is 1. The minimum absolute atomic E-state index is 0.0649. The van der Waals surface area contributed by atoms with Crippen molar-refractivity contribution < 1.29 is 9.53 Å². The number of carbonyl (C=O) groups excluding carboxylic acids is 1. The van der Waals surface area contributed by atoms with Gasteiger partial charge >= 0.3 is 6.03 Å². The Hall–Kier alpha value is -2.01.